The summed E-state index contributed by atoms with van der Waals surface area (Å²) in [5, 5.41) is 2.83. The zero-order valence-electron chi connectivity index (χ0n) is 14.4. The van der Waals surface area contributed by atoms with Gasteiger partial charge < -0.3 is 15.0 Å². The lowest BCUT2D eigenvalue weighted by molar-refractivity contribution is -0.142. The van der Waals surface area contributed by atoms with Gasteiger partial charge in [0.1, 0.15) is 12.4 Å². The Bertz CT molecular complexity index is 707. The molecule has 3 fully saturated rings. The van der Waals surface area contributed by atoms with Gasteiger partial charge >= 0.3 is 6.09 Å². The van der Waals surface area contributed by atoms with Crippen LogP contribution in [0.2, 0.25) is 0 Å². The van der Waals surface area contributed by atoms with Crippen LogP contribution in [0.5, 0.6) is 0 Å². The van der Waals surface area contributed by atoms with Crippen LogP contribution in [0.15, 0.2) is 18.2 Å². The second-order valence-corrected chi connectivity index (χ2v) is 7.69. The van der Waals surface area contributed by atoms with Gasteiger partial charge in [-0.3, -0.25) is 4.79 Å². The summed E-state index contributed by atoms with van der Waals surface area (Å²) in [5.74, 6) is 0.406. The van der Waals surface area contributed by atoms with E-state index in [9.17, 15) is 14.0 Å². The van der Waals surface area contributed by atoms with Crippen molar-refractivity contribution >= 4 is 12.0 Å². The van der Waals surface area contributed by atoms with Crippen molar-refractivity contribution in [2.24, 2.45) is 5.92 Å². The summed E-state index contributed by atoms with van der Waals surface area (Å²) in [7, 11) is 0. The van der Waals surface area contributed by atoms with Gasteiger partial charge in [0.25, 0.3) is 0 Å². The molecule has 25 heavy (non-hydrogen) atoms. The third kappa shape index (κ3) is 2.98. The highest BCUT2D eigenvalue weighted by Gasteiger charge is 2.53. The molecule has 134 valence electrons. The molecule has 1 aromatic rings. The fraction of sp³-hybridized carbons (Fsp3) is 0.579. The van der Waals surface area contributed by atoms with Crippen molar-refractivity contribution in [3.8, 4) is 0 Å². The highest BCUT2D eigenvalue weighted by molar-refractivity contribution is 5.81. The molecule has 1 N–H and O–H groups in total. The number of halogens is 1. The number of cyclic esters (lactones) is 1. The molecular formula is C19H23FN2O3. The minimum absolute atomic E-state index is 0.00776. The summed E-state index contributed by atoms with van der Waals surface area (Å²) in [4.78, 5) is 25.8. The number of ether oxygens (including phenoxy) is 1. The Balaban J connectivity index is 1.31. The van der Waals surface area contributed by atoms with Crippen LogP contribution in [0.3, 0.4) is 0 Å². The SMILES string of the molecule is Cc1cc(C2CCN(C(=O)[C@H]3C[C@]4(COC(=O)N4)C3)CC2)ccc1F. The van der Waals surface area contributed by atoms with Gasteiger partial charge in [0.2, 0.25) is 5.91 Å². The van der Waals surface area contributed by atoms with Crippen molar-refractivity contribution in [1.82, 2.24) is 10.2 Å². The Morgan fingerprint density at radius 3 is 2.64 bits per heavy atom. The van der Waals surface area contributed by atoms with Gasteiger partial charge in [0.15, 0.2) is 0 Å². The number of rotatable bonds is 2. The van der Waals surface area contributed by atoms with Gasteiger partial charge in [0, 0.05) is 19.0 Å². The van der Waals surface area contributed by atoms with E-state index in [1.807, 2.05) is 17.0 Å². The number of carbonyl (C=O) groups is 2. The largest absolute Gasteiger partial charge is 0.447 e. The van der Waals surface area contributed by atoms with E-state index >= 15 is 0 Å². The van der Waals surface area contributed by atoms with Gasteiger partial charge in [-0.1, -0.05) is 12.1 Å². The molecular weight excluding hydrogens is 323 g/mol. The molecule has 2 heterocycles. The standard InChI is InChI=1S/C19H23FN2O3/c1-12-8-14(2-3-16(12)20)13-4-6-22(7-5-13)17(23)15-9-19(10-15)11-25-18(24)21-19/h2-3,8,13,15H,4-7,9-11H2,1H3,(H,21,24)/t15-,19+. The number of nitrogens with zero attached hydrogens (tertiary/aromatic N) is 1. The van der Waals surface area contributed by atoms with Crippen molar-refractivity contribution < 1.29 is 18.7 Å². The summed E-state index contributed by atoms with van der Waals surface area (Å²) in [5.41, 5.74) is 1.54. The Morgan fingerprint density at radius 2 is 2.04 bits per heavy atom. The number of aryl methyl sites for hydroxylation is 1. The molecule has 3 aliphatic rings. The third-order valence-electron chi connectivity index (χ3n) is 5.93. The van der Waals surface area contributed by atoms with Gasteiger partial charge in [-0.15, -0.1) is 0 Å². The normalized spacial score (nSPS) is 29.3. The van der Waals surface area contributed by atoms with E-state index in [0.29, 0.717) is 30.9 Å². The topological polar surface area (TPSA) is 58.6 Å². The zero-order valence-corrected chi connectivity index (χ0v) is 14.4. The maximum Gasteiger partial charge on any atom is 0.407 e. The molecule has 1 aromatic carbocycles. The van der Waals surface area contributed by atoms with E-state index in [4.69, 9.17) is 4.74 Å². The van der Waals surface area contributed by atoms with Crippen molar-refractivity contribution in [3.63, 3.8) is 0 Å². The van der Waals surface area contributed by atoms with Crippen LogP contribution in [0.4, 0.5) is 9.18 Å². The molecule has 0 atom stereocenters. The maximum absolute atomic E-state index is 13.4. The van der Waals surface area contributed by atoms with E-state index in [-0.39, 0.29) is 29.3 Å². The van der Waals surface area contributed by atoms with E-state index < -0.39 is 0 Å². The van der Waals surface area contributed by atoms with E-state index in [0.717, 1.165) is 25.9 Å². The van der Waals surface area contributed by atoms with Gasteiger partial charge in [-0.25, -0.2) is 9.18 Å². The molecule has 0 bridgehead atoms. The Hall–Kier alpha value is -2.11. The lowest BCUT2D eigenvalue weighted by Gasteiger charge is -2.45. The third-order valence-corrected chi connectivity index (χ3v) is 5.93. The predicted octanol–water partition coefficient (Wildman–Crippen LogP) is 2.73. The molecule has 1 spiro atoms. The second-order valence-electron chi connectivity index (χ2n) is 7.69. The monoisotopic (exact) mass is 346 g/mol. The number of carbonyl (C=O) groups excluding carboxylic acids is 2. The van der Waals surface area contributed by atoms with E-state index in [2.05, 4.69) is 5.32 Å². The molecule has 2 amide bonds. The number of hydrogen-bond acceptors (Lipinski definition) is 3. The van der Waals surface area contributed by atoms with Crippen LogP contribution in [0.25, 0.3) is 0 Å². The molecule has 4 rings (SSSR count). The quantitative estimate of drug-likeness (QED) is 0.896. The molecule has 6 heteroatoms. The maximum atomic E-state index is 13.4. The minimum atomic E-state index is -0.374. The van der Waals surface area contributed by atoms with Crippen molar-refractivity contribution in [3.05, 3.63) is 35.1 Å². The fourth-order valence-electron chi connectivity index (χ4n) is 4.38. The second kappa shape index (κ2) is 6.00. The fourth-order valence-corrected chi connectivity index (χ4v) is 4.38. The number of amides is 2. The average Bonchev–Trinajstić information content (AvgIpc) is 2.98. The molecule has 0 unspecified atom stereocenters. The molecule has 0 aromatic heterocycles. The Morgan fingerprint density at radius 1 is 1.32 bits per heavy atom. The highest BCUT2D eigenvalue weighted by Crippen LogP contribution is 2.42. The van der Waals surface area contributed by atoms with Gasteiger partial charge in [-0.05, 0) is 55.7 Å². The summed E-state index contributed by atoms with van der Waals surface area (Å²) >= 11 is 0. The molecule has 2 aliphatic heterocycles. The van der Waals surface area contributed by atoms with Crippen molar-refractivity contribution in [2.45, 2.75) is 44.1 Å². The highest BCUT2D eigenvalue weighted by atomic mass is 19.1. The van der Waals surface area contributed by atoms with E-state index in [1.54, 1.807) is 6.92 Å². The summed E-state index contributed by atoms with van der Waals surface area (Å²) in [6, 6.07) is 5.33. The van der Waals surface area contributed by atoms with E-state index in [1.165, 1.54) is 11.6 Å². The lowest BCUT2D eigenvalue weighted by Crippen LogP contribution is -2.58. The summed E-state index contributed by atoms with van der Waals surface area (Å²) in [6.07, 6.45) is 2.80. The van der Waals surface area contributed by atoms with Crippen LogP contribution in [0, 0.1) is 18.7 Å². The van der Waals surface area contributed by atoms with Crippen LogP contribution >= 0.6 is 0 Å². The number of likely N-dealkylation sites (tertiary alicyclic amines) is 1. The zero-order chi connectivity index (χ0) is 17.6. The summed E-state index contributed by atoms with van der Waals surface area (Å²) in [6.45, 7) is 3.65. The van der Waals surface area contributed by atoms with Crippen LogP contribution in [0.1, 0.15) is 42.7 Å². The van der Waals surface area contributed by atoms with Gasteiger partial charge in [-0.2, -0.15) is 0 Å². The number of hydrogen-bond donors (Lipinski definition) is 1. The predicted molar refractivity (Wildman–Crippen MR) is 89.6 cm³/mol. The first-order valence-corrected chi connectivity index (χ1v) is 8.96. The number of nitrogens with one attached hydrogen (secondary N) is 1. The smallest absolute Gasteiger partial charge is 0.407 e. The number of benzene rings is 1. The molecule has 1 aliphatic carbocycles. The van der Waals surface area contributed by atoms with Crippen LogP contribution < -0.4 is 5.32 Å². The Kier molecular flexibility index (Phi) is 3.93. The Labute approximate surface area is 146 Å². The average molecular weight is 346 g/mol. The summed E-state index contributed by atoms with van der Waals surface area (Å²) < 4.78 is 18.4. The first-order valence-electron chi connectivity index (χ1n) is 8.96. The number of piperidine rings is 1. The first kappa shape index (κ1) is 16.4. The van der Waals surface area contributed by atoms with Crippen LogP contribution in [-0.4, -0.2) is 42.1 Å². The molecule has 5 nitrogen and oxygen atoms in total. The molecule has 0 radical (unpaired) electrons. The van der Waals surface area contributed by atoms with Crippen LogP contribution in [-0.2, 0) is 9.53 Å². The lowest BCUT2D eigenvalue weighted by atomic mass is 9.68. The van der Waals surface area contributed by atoms with Crippen molar-refractivity contribution in [2.75, 3.05) is 19.7 Å². The molecule has 1 saturated carbocycles. The minimum Gasteiger partial charge on any atom is -0.447 e. The number of alkyl carbamates (subject to hydrolysis) is 1. The molecule has 2 saturated heterocycles. The van der Waals surface area contributed by atoms with Crippen molar-refractivity contribution in [1.29, 1.82) is 0 Å². The first-order chi connectivity index (χ1) is 12.0. The van der Waals surface area contributed by atoms with Gasteiger partial charge in [0.05, 0.1) is 5.54 Å².